The van der Waals surface area contributed by atoms with Crippen molar-refractivity contribution in [2.24, 2.45) is 0 Å². The molecule has 6 heteroatoms. The van der Waals surface area contributed by atoms with Gasteiger partial charge < -0.3 is 15.0 Å². The van der Waals surface area contributed by atoms with Crippen LogP contribution in [0.1, 0.15) is 26.3 Å². The Kier molecular flexibility index (Phi) is 5.74. The third kappa shape index (κ3) is 4.64. The summed E-state index contributed by atoms with van der Waals surface area (Å²) in [4.78, 5) is 30.5. The van der Waals surface area contributed by atoms with Crippen LogP contribution in [0.4, 0.5) is 0 Å². The molecule has 0 atom stereocenters. The summed E-state index contributed by atoms with van der Waals surface area (Å²) in [6.07, 6.45) is 3.74. The van der Waals surface area contributed by atoms with Gasteiger partial charge >= 0.3 is 0 Å². The molecule has 1 aromatic heterocycles. The van der Waals surface area contributed by atoms with Crippen molar-refractivity contribution in [3.05, 3.63) is 65.5 Å². The number of nitrogens with one attached hydrogen (secondary N) is 1. The molecule has 1 aliphatic heterocycles. The minimum Gasteiger partial charge on any atom is -0.378 e. The summed E-state index contributed by atoms with van der Waals surface area (Å²) in [6, 6.07) is 11.6. The Hall–Kier alpha value is -2.73. The Bertz CT molecular complexity index is 728. The zero-order valence-electron chi connectivity index (χ0n) is 14.0. The first kappa shape index (κ1) is 17.1. The van der Waals surface area contributed by atoms with Crippen molar-refractivity contribution in [2.45, 2.75) is 6.42 Å². The molecule has 1 fully saturated rings. The summed E-state index contributed by atoms with van der Waals surface area (Å²) in [5, 5.41) is 2.87. The predicted octanol–water partition coefficient (Wildman–Crippen LogP) is 1.53. The topological polar surface area (TPSA) is 71.5 Å². The molecular weight excluding hydrogens is 318 g/mol. The van der Waals surface area contributed by atoms with Gasteiger partial charge in [-0.2, -0.15) is 0 Å². The van der Waals surface area contributed by atoms with Crippen LogP contribution in [0, 0.1) is 0 Å². The molecule has 0 radical (unpaired) electrons. The Morgan fingerprint density at radius 1 is 1.08 bits per heavy atom. The second-order valence-electron chi connectivity index (χ2n) is 5.86. The van der Waals surface area contributed by atoms with Crippen LogP contribution < -0.4 is 5.32 Å². The summed E-state index contributed by atoms with van der Waals surface area (Å²) >= 11 is 0. The zero-order chi connectivity index (χ0) is 17.5. The van der Waals surface area contributed by atoms with Gasteiger partial charge in [0.1, 0.15) is 0 Å². The third-order valence-corrected chi connectivity index (χ3v) is 4.09. The van der Waals surface area contributed by atoms with Crippen LogP contribution >= 0.6 is 0 Å². The van der Waals surface area contributed by atoms with E-state index in [0.29, 0.717) is 44.0 Å². The standard InChI is InChI=1S/C19H21N3O3/c23-18(21-7-6-15-4-2-1-3-5-15)16-12-17(14-20-13-16)19(24)22-8-10-25-11-9-22/h1-5,12-14H,6-11H2,(H,21,23). The van der Waals surface area contributed by atoms with Gasteiger partial charge in [0.05, 0.1) is 24.3 Å². The number of carbonyl (C=O) groups is 2. The van der Waals surface area contributed by atoms with Crippen LogP contribution in [0.3, 0.4) is 0 Å². The number of hydrogen-bond donors (Lipinski definition) is 1. The number of carbonyl (C=O) groups excluding carboxylic acids is 2. The maximum Gasteiger partial charge on any atom is 0.255 e. The Morgan fingerprint density at radius 3 is 2.56 bits per heavy atom. The van der Waals surface area contributed by atoms with E-state index in [-0.39, 0.29) is 11.8 Å². The van der Waals surface area contributed by atoms with E-state index < -0.39 is 0 Å². The molecule has 0 spiro atoms. The van der Waals surface area contributed by atoms with Crippen LogP contribution in [-0.4, -0.2) is 54.5 Å². The van der Waals surface area contributed by atoms with E-state index >= 15 is 0 Å². The summed E-state index contributed by atoms with van der Waals surface area (Å²) in [5.41, 5.74) is 1.99. The maximum absolute atomic E-state index is 12.5. The van der Waals surface area contributed by atoms with Gasteiger partial charge in [-0.1, -0.05) is 30.3 Å². The van der Waals surface area contributed by atoms with Gasteiger partial charge in [-0.25, -0.2) is 0 Å². The number of morpholine rings is 1. The smallest absolute Gasteiger partial charge is 0.255 e. The van der Waals surface area contributed by atoms with Crippen molar-refractivity contribution in [3.8, 4) is 0 Å². The Morgan fingerprint density at radius 2 is 1.80 bits per heavy atom. The summed E-state index contributed by atoms with van der Waals surface area (Å²) in [7, 11) is 0. The van der Waals surface area contributed by atoms with Crippen molar-refractivity contribution >= 4 is 11.8 Å². The lowest BCUT2D eigenvalue weighted by atomic mass is 10.1. The number of aromatic nitrogens is 1. The first-order chi connectivity index (χ1) is 12.2. The second-order valence-corrected chi connectivity index (χ2v) is 5.86. The average molecular weight is 339 g/mol. The molecule has 0 aliphatic carbocycles. The SMILES string of the molecule is O=C(NCCc1ccccc1)c1cncc(C(=O)N2CCOCC2)c1. The summed E-state index contributed by atoms with van der Waals surface area (Å²) in [5.74, 6) is -0.338. The molecule has 130 valence electrons. The van der Waals surface area contributed by atoms with Crippen LogP contribution in [0.15, 0.2) is 48.8 Å². The third-order valence-electron chi connectivity index (χ3n) is 4.09. The lowest BCUT2D eigenvalue weighted by Crippen LogP contribution is -2.40. The summed E-state index contributed by atoms with van der Waals surface area (Å²) < 4.78 is 5.25. The molecule has 2 aromatic rings. The highest BCUT2D eigenvalue weighted by molar-refractivity contribution is 5.99. The molecule has 0 unspecified atom stereocenters. The van der Waals surface area contributed by atoms with E-state index in [9.17, 15) is 9.59 Å². The van der Waals surface area contributed by atoms with Crippen molar-refractivity contribution in [3.63, 3.8) is 0 Å². The fraction of sp³-hybridized carbons (Fsp3) is 0.316. The molecule has 3 rings (SSSR count). The molecule has 6 nitrogen and oxygen atoms in total. The van der Waals surface area contributed by atoms with Crippen molar-refractivity contribution in [2.75, 3.05) is 32.8 Å². The summed E-state index contributed by atoms with van der Waals surface area (Å²) in [6.45, 7) is 2.74. The monoisotopic (exact) mass is 339 g/mol. The second kappa shape index (κ2) is 8.39. The fourth-order valence-electron chi connectivity index (χ4n) is 2.70. The lowest BCUT2D eigenvalue weighted by molar-refractivity contribution is 0.0302. The average Bonchev–Trinajstić information content (AvgIpc) is 2.69. The van der Waals surface area contributed by atoms with Gasteiger partial charge in [-0.3, -0.25) is 14.6 Å². The molecule has 0 bridgehead atoms. The molecular formula is C19H21N3O3. The van der Waals surface area contributed by atoms with Gasteiger partial charge in [0, 0.05) is 32.0 Å². The van der Waals surface area contributed by atoms with E-state index in [1.807, 2.05) is 30.3 Å². The predicted molar refractivity (Wildman–Crippen MR) is 93.4 cm³/mol. The van der Waals surface area contributed by atoms with Gasteiger partial charge in [0.2, 0.25) is 0 Å². The zero-order valence-corrected chi connectivity index (χ0v) is 14.0. The van der Waals surface area contributed by atoms with Gasteiger partial charge in [0.25, 0.3) is 11.8 Å². The van der Waals surface area contributed by atoms with E-state index in [0.717, 1.165) is 12.0 Å². The minimum absolute atomic E-state index is 0.116. The van der Waals surface area contributed by atoms with Crippen molar-refractivity contribution in [1.29, 1.82) is 0 Å². The van der Waals surface area contributed by atoms with Crippen LogP contribution in [0.5, 0.6) is 0 Å². The first-order valence-electron chi connectivity index (χ1n) is 8.38. The Balaban J connectivity index is 1.58. The maximum atomic E-state index is 12.5. The van der Waals surface area contributed by atoms with Crippen LogP contribution in [-0.2, 0) is 11.2 Å². The molecule has 2 heterocycles. The molecule has 1 aromatic carbocycles. The van der Waals surface area contributed by atoms with Crippen LogP contribution in [0.25, 0.3) is 0 Å². The number of amides is 2. The number of rotatable bonds is 5. The largest absolute Gasteiger partial charge is 0.378 e. The highest BCUT2D eigenvalue weighted by Crippen LogP contribution is 2.09. The number of nitrogens with zero attached hydrogens (tertiary/aromatic N) is 2. The van der Waals surface area contributed by atoms with E-state index in [1.165, 1.54) is 12.4 Å². The van der Waals surface area contributed by atoms with Crippen molar-refractivity contribution < 1.29 is 14.3 Å². The lowest BCUT2D eigenvalue weighted by Gasteiger charge is -2.26. The van der Waals surface area contributed by atoms with Gasteiger partial charge in [-0.05, 0) is 18.1 Å². The van der Waals surface area contributed by atoms with Crippen molar-refractivity contribution in [1.82, 2.24) is 15.2 Å². The highest BCUT2D eigenvalue weighted by Gasteiger charge is 2.19. The van der Waals surface area contributed by atoms with Crippen LogP contribution in [0.2, 0.25) is 0 Å². The first-order valence-corrected chi connectivity index (χ1v) is 8.38. The van der Waals surface area contributed by atoms with Gasteiger partial charge in [-0.15, -0.1) is 0 Å². The number of pyridine rings is 1. The molecule has 2 amide bonds. The molecule has 1 aliphatic rings. The normalized spacial score (nSPS) is 14.2. The number of ether oxygens (including phenoxy) is 1. The molecule has 1 N–H and O–H groups in total. The minimum atomic E-state index is -0.222. The quantitative estimate of drug-likeness (QED) is 0.897. The highest BCUT2D eigenvalue weighted by atomic mass is 16.5. The van der Waals surface area contributed by atoms with E-state index in [4.69, 9.17) is 4.74 Å². The number of benzene rings is 1. The van der Waals surface area contributed by atoms with E-state index in [2.05, 4.69) is 10.3 Å². The number of hydrogen-bond acceptors (Lipinski definition) is 4. The molecule has 0 saturated carbocycles. The molecule has 25 heavy (non-hydrogen) atoms. The fourth-order valence-corrected chi connectivity index (χ4v) is 2.70. The van der Waals surface area contributed by atoms with Gasteiger partial charge in [0.15, 0.2) is 0 Å². The Labute approximate surface area is 146 Å². The van der Waals surface area contributed by atoms with E-state index in [1.54, 1.807) is 11.0 Å². The molecule has 1 saturated heterocycles.